The number of halogens is 2. The monoisotopic (exact) mass is 190 g/mol. The van der Waals surface area contributed by atoms with E-state index in [0.29, 0.717) is 18.8 Å². The van der Waals surface area contributed by atoms with E-state index in [4.69, 9.17) is 0 Å². The van der Waals surface area contributed by atoms with Crippen LogP contribution < -0.4 is 0 Å². The van der Waals surface area contributed by atoms with E-state index in [1.54, 1.807) is 0 Å². The van der Waals surface area contributed by atoms with Gasteiger partial charge in [-0.15, -0.1) is 0 Å². The maximum atomic E-state index is 12.7. The number of hydrogen-bond donors (Lipinski definition) is 0. The summed E-state index contributed by atoms with van der Waals surface area (Å²) in [6.07, 6.45) is 2.84. The fraction of sp³-hybridized carbons (Fsp3) is 0.900. The number of hydrogen-bond acceptors (Lipinski definition) is 1. The molecule has 0 aromatic carbocycles. The van der Waals surface area contributed by atoms with Crippen molar-refractivity contribution in [2.75, 3.05) is 0 Å². The zero-order valence-corrected chi connectivity index (χ0v) is 7.93. The van der Waals surface area contributed by atoms with Crippen molar-refractivity contribution < 1.29 is 13.6 Å². The lowest BCUT2D eigenvalue weighted by Gasteiger charge is -2.28. The first-order valence-corrected chi connectivity index (χ1v) is 4.86. The first-order valence-electron chi connectivity index (χ1n) is 4.86. The van der Waals surface area contributed by atoms with Gasteiger partial charge in [0.05, 0.1) is 0 Å². The summed E-state index contributed by atoms with van der Waals surface area (Å²) in [7, 11) is 0. The molecule has 1 rings (SSSR count). The normalized spacial score (nSPS) is 25.5. The van der Waals surface area contributed by atoms with E-state index in [2.05, 4.69) is 0 Å². The summed E-state index contributed by atoms with van der Waals surface area (Å²) in [4.78, 5) is 10.4. The fourth-order valence-corrected chi connectivity index (χ4v) is 1.92. The number of aldehydes is 1. The SMILES string of the molecule is CC(C=O)CC1CCC(F)(F)CC1. The molecule has 0 spiro atoms. The third-order valence-electron chi connectivity index (χ3n) is 2.77. The molecule has 0 aromatic rings. The van der Waals surface area contributed by atoms with Crippen molar-refractivity contribution in [3.8, 4) is 0 Å². The molecule has 0 amide bonds. The largest absolute Gasteiger partial charge is 0.303 e. The Kier molecular flexibility index (Phi) is 3.40. The van der Waals surface area contributed by atoms with Crippen LogP contribution in [0.2, 0.25) is 0 Å². The van der Waals surface area contributed by atoms with E-state index in [0.717, 1.165) is 12.7 Å². The lowest BCUT2D eigenvalue weighted by Crippen LogP contribution is -2.25. The minimum Gasteiger partial charge on any atom is -0.303 e. The Morgan fingerprint density at radius 1 is 1.46 bits per heavy atom. The fourth-order valence-electron chi connectivity index (χ4n) is 1.92. The third kappa shape index (κ3) is 3.41. The number of rotatable bonds is 3. The van der Waals surface area contributed by atoms with Crippen LogP contribution in [0, 0.1) is 11.8 Å². The van der Waals surface area contributed by atoms with E-state index in [1.807, 2.05) is 6.92 Å². The van der Waals surface area contributed by atoms with Crippen LogP contribution in [0.5, 0.6) is 0 Å². The Labute approximate surface area is 77.5 Å². The second-order valence-electron chi connectivity index (χ2n) is 4.15. The molecule has 1 unspecified atom stereocenters. The van der Waals surface area contributed by atoms with Gasteiger partial charge in [-0.2, -0.15) is 0 Å². The minimum absolute atomic E-state index is 0.00322. The average molecular weight is 190 g/mol. The molecule has 1 atom stereocenters. The van der Waals surface area contributed by atoms with Crippen LogP contribution in [-0.4, -0.2) is 12.2 Å². The van der Waals surface area contributed by atoms with Crippen molar-refractivity contribution in [3.05, 3.63) is 0 Å². The van der Waals surface area contributed by atoms with Crippen LogP contribution >= 0.6 is 0 Å². The molecule has 3 heteroatoms. The molecule has 0 radical (unpaired) electrons. The first kappa shape index (κ1) is 10.6. The van der Waals surface area contributed by atoms with Gasteiger partial charge in [-0.3, -0.25) is 0 Å². The van der Waals surface area contributed by atoms with Gasteiger partial charge in [-0.05, 0) is 25.2 Å². The van der Waals surface area contributed by atoms with Gasteiger partial charge in [0.25, 0.3) is 0 Å². The van der Waals surface area contributed by atoms with E-state index in [1.165, 1.54) is 0 Å². The molecule has 1 nitrogen and oxygen atoms in total. The summed E-state index contributed by atoms with van der Waals surface area (Å²) in [5, 5.41) is 0. The van der Waals surface area contributed by atoms with Gasteiger partial charge < -0.3 is 4.79 Å². The topological polar surface area (TPSA) is 17.1 Å². The molecule has 0 heterocycles. The molecule has 1 aliphatic carbocycles. The molecular weight excluding hydrogens is 174 g/mol. The zero-order valence-electron chi connectivity index (χ0n) is 7.93. The maximum Gasteiger partial charge on any atom is 0.248 e. The average Bonchev–Trinajstić information content (AvgIpc) is 2.08. The van der Waals surface area contributed by atoms with E-state index < -0.39 is 5.92 Å². The molecule has 1 fully saturated rings. The van der Waals surface area contributed by atoms with Gasteiger partial charge in [-0.25, -0.2) is 8.78 Å². The third-order valence-corrected chi connectivity index (χ3v) is 2.77. The predicted molar refractivity (Wildman–Crippen MR) is 46.8 cm³/mol. The summed E-state index contributed by atoms with van der Waals surface area (Å²) in [6.45, 7) is 1.85. The van der Waals surface area contributed by atoms with Crippen LogP contribution in [0.4, 0.5) is 8.78 Å². The van der Waals surface area contributed by atoms with Crippen LogP contribution in [0.25, 0.3) is 0 Å². The Hall–Kier alpha value is -0.470. The number of carbonyl (C=O) groups is 1. The van der Waals surface area contributed by atoms with Crippen molar-refractivity contribution in [1.29, 1.82) is 0 Å². The van der Waals surface area contributed by atoms with Crippen molar-refractivity contribution in [2.45, 2.75) is 45.0 Å². The van der Waals surface area contributed by atoms with Crippen LogP contribution in [-0.2, 0) is 4.79 Å². The van der Waals surface area contributed by atoms with Gasteiger partial charge in [0.1, 0.15) is 6.29 Å². The van der Waals surface area contributed by atoms with Gasteiger partial charge in [0, 0.05) is 18.8 Å². The number of alkyl halides is 2. The van der Waals surface area contributed by atoms with Crippen LogP contribution in [0.15, 0.2) is 0 Å². The van der Waals surface area contributed by atoms with Crippen LogP contribution in [0.3, 0.4) is 0 Å². The Balaban J connectivity index is 2.29. The molecule has 0 N–H and O–H groups in total. The Morgan fingerprint density at radius 2 is 2.00 bits per heavy atom. The first-order chi connectivity index (χ1) is 6.03. The number of carbonyl (C=O) groups excluding carboxylic acids is 1. The molecule has 0 aromatic heterocycles. The van der Waals surface area contributed by atoms with Crippen molar-refractivity contribution >= 4 is 6.29 Å². The molecule has 1 aliphatic rings. The highest BCUT2D eigenvalue weighted by atomic mass is 19.3. The van der Waals surface area contributed by atoms with Gasteiger partial charge >= 0.3 is 0 Å². The summed E-state index contributed by atoms with van der Waals surface area (Å²) < 4.78 is 25.5. The molecule has 76 valence electrons. The second kappa shape index (κ2) is 4.16. The van der Waals surface area contributed by atoms with Crippen molar-refractivity contribution in [1.82, 2.24) is 0 Å². The maximum absolute atomic E-state index is 12.7. The van der Waals surface area contributed by atoms with E-state index >= 15 is 0 Å². The standard InChI is InChI=1S/C10H16F2O/c1-8(7-13)6-9-2-4-10(11,12)5-3-9/h7-9H,2-6H2,1H3. The summed E-state index contributed by atoms with van der Waals surface area (Å²) in [6, 6.07) is 0. The molecule has 0 saturated heterocycles. The summed E-state index contributed by atoms with van der Waals surface area (Å²) in [5.74, 6) is -2.09. The second-order valence-corrected chi connectivity index (χ2v) is 4.15. The zero-order chi connectivity index (χ0) is 9.90. The highest BCUT2D eigenvalue weighted by molar-refractivity contribution is 5.52. The van der Waals surface area contributed by atoms with Gasteiger partial charge in [0.15, 0.2) is 0 Å². The van der Waals surface area contributed by atoms with E-state index in [9.17, 15) is 13.6 Å². The lowest BCUT2D eigenvalue weighted by atomic mass is 9.82. The summed E-state index contributed by atoms with van der Waals surface area (Å²) >= 11 is 0. The predicted octanol–water partition coefficient (Wildman–Crippen LogP) is 3.04. The molecule has 1 saturated carbocycles. The summed E-state index contributed by atoms with van der Waals surface area (Å²) in [5.41, 5.74) is 0. The van der Waals surface area contributed by atoms with E-state index in [-0.39, 0.29) is 18.8 Å². The lowest BCUT2D eigenvalue weighted by molar-refractivity contribution is -0.111. The molecule has 13 heavy (non-hydrogen) atoms. The highest BCUT2D eigenvalue weighted by Crippen LogP contribution is 2.38. The molecular formula is C10H16F2O. The van der Waals surface area contributed by atoms with Gasteiger partial charge in [0.2, 0.25) is 5.92 Å². The molecule has 0 bridgehead atoms. The van der Waals surface area contributed by atoms with Gasteiger partial charge in [-0.1, -0.05) is 6.92 Å². The van der Waals surface area contributed by atoms with Crippen molar-refractivity contribution in [3.63, 3.8) is 0 Å². The smallest absolute Gasteiger partial charge is 0.248 e. The quantitative estimate of drug-likeness (QED) is 0.625. The Bertz CT molecular complexity index is 170. The Morgan fingerprint density at radius 3 is 2.46 bits per heavy atom. The van der Waals surface area contributed by atoms with Crippen molar-refractivity contribution in [2.24, 2.45) is 11.8 Å². The molecule has 0 aliphatic heterocycles. The highest BCUT2D eigenvalue weighted by Gasteiger charge is 2.34. The minimum atomic E-state index is -2.44. The van der Waals surface area contributed by atoms with Crippen LogP contribution in [0.1, 0.15) is 39.0 Å².